The van der Waals surface area contributed by atoms with Crippen LogP contribution in [0, 0.1) is 11.8 Å². The van der Waals surface area contributed by atoms with E-state index in [0.29, 0.717) is 26.2 Å². The second kappa shape index (κ2) is 19.8. The lowest BCUT2D eigenvalue weighted by Crippen LogP contribution is -2.66. The lowest BCUT2D eigenvalue weighted by molar-refractivity contribution is -0.154. The minimum Gasteiger partial charge on any atom is -0.497 e. The molecule has 3 aromatic carbocycles. The van der Waals surface area contributed by atoms with Gasteiger partial charge in [0.05, 0.1) is 19.8 Å². The Morgan fingerprint density at radius 2 is 1.59 bits per heavy atom. The van der Waals surface area contributed by atoms with Gasteiger partial charge in [0.1, 0.15) is 24.6 Å². The predicted molar refractivity (Wildman–Crippen MR) is 198 cm³/mol. The van der Waals surface area contributed by atoms with Crippen molar-refractivity contribution in [2.75, 3.05) is 33.5 Å². The third kappa shape index (κ3) is 11.1. The molecule has 4 atom stereocenters. The van der Waals surface area contributed by atoms with Gasteiger partial charge in [-0.3, -0.25) is 0 Å². The van der Waals surface area contributed by atoms with Crippen LogP contribution in [-0.4, -0.2) is 71.6 Å². The summed E-state index contributed by atoms with van der Waals surface area (Å²) in [6, 6.07) is 28.9. The van der Waals surface area contributed by atoms with Gasteiger partial charge in [-0.1, -0.05) is 111 Å². The third-order valence-corrected chi connectivity index (χ3v) is 13.8. The number of benzene rings is 3. The zero-order valence-electron chi connectivity index (χ0n) is 29.6. The number of aliphatic hydroxyl groups excluding tert-OH is 1. The number of aliphatic hydroxyl groups is 1. The normalized spacial score (nSPS) is 17.0. The van der Waals surface area contributed by atoms with Crippen molar-refractivity contribution in [1.29, 1.82) is 0 Å². The highest BCUT2D eigenvalue weighted by atomic mass is 28.4. The van der Waals surface area contributed by atoms with Crippen LogP contribution in [0.25, 0.3) is 0 Å². The van der Waals surface area contributed by atoms with Crippen LogP contribution >= 0.6 is 0 Å². The molecule has 0 saturated carbocycles. The molecule has 1 aliphatic heterocycles. The molecule has 3 aromatic rings. The van der Waals surface area contributed by atoms with Crippen molar-refractivity contribution in [3.8, 4) is 17.6 Å². The van der Waals surface area contributed by atoms with E-state index in [1.807, 2.05) is 36.4 Å². The molecule has 0 bridgehead atoms. The minimum absolute atomic E-state index is 0.121. The first-order chi connectivity index (χ1) is 23.8. The van der Waals surface area contributed by atoms with Gasteiger partial charge in [-0.2, -0.15) is 0 Å². The topological polar surface area (TPSA) is 75.6 Å². The number of methoxy groups -OCH3 is 1. The summed E-state index contributed by atoms with van der Waals surface area (Å²) < 4.78 is 36.3. The van der Waals surface area contributed by atoms with Crippen molar-refractivity contribution in [3.05, 3.63) is 103 Å². The third-order valence-electron chi connectivity index (χ3n) is 8.79. The van der Waals surface area contributed by atoms with E-state index >= 15 is 0 Å². The Hall–Kier alpha value is -3.26. The van der Waals surface area contributed by atoms with Crippen LogP contribution in [0.4, 0.5) is 0 Å². The van der Waals surface area contributed by atoms with Gasteiger partial charge in [0.15, 0.2) is 6.29 Å². The largest absolute Gasteiger partial charge is 0.497 e. The van der Waals surface area contributed by atoms with E-state index in [2.05, 4.69) is 87.7 Å². The van der Waals surface area contributed by atoms with Gasteiger partial charge in [0.2, 0.25) is 0 Å². The van der Waals surface area contributed by atoms with E-state index in [1.165, 1.54) is 10.4 Å². The summed E-state index contributed by atoms with van der Waals surface area (Å²) >= 11 is 0. The second-order valence-electron chi connectivity index (χ2n) is 13.3. The van der Waals surface area contributed by atoms with Crippen LogP contribution in [0.3, 0.4) is 0 Å². The molecule has 1 fully saturated rings. The van der Waals surface area contributed by atoms with Gasteiger partial charge in [-0.25, -0.2) is 0 Å². The summed E-state index contributed by atoms with van der Waals surface area (Å²) in [6.07, 6.45) is 3.21. The summed E-state index contributed by atoms with van der Waals surface area (Å²) in [7, 11) is -1.03. The zero-order valence-corrected chi connectivity index (χ0v) is 30.6. The first-order valence-electron chi connectivity index (χ1n) is 17.4. The van der Waals surface area contributed by atoms with Crippen LogP contribution in [0.2, 0.25) is 5.04 Å². The fourth-order valence-electron chi connectivity index (χ4n) is 6.22. The van der Waals surface area contributed by atoms with E-state index in [4.69, 9.17) is 28.1 Å². The summed E-state index contributed by atoms with van der Waals surface area (Å²) in [4.78, 5) is 0. The smallest absolute Gasteiger partial charge is 0.261 e. The van der Waals surface area contributed by atoms with E-state index in [1.54, 1.807) is 13.2 Å². The molecule has 1 heterocycles. The Labute approximate surface area is 294 Å². The summed E-state index contributed by atoms with van der Waals surface area (Å²) in [5.41, 5.74) is 0.974. The molecule has 0 aromatic heterocycles. The number of hydrogen-bond donors (Lipinski definition) is 1. The SMILES string of the molecule is C=C[C@@H](OCc1ccc(OC)cc1)[C@H](OCCCO[Si](c1ccccc1)(c1ccccc1)C(C)(C)C)[C@H](O)CC#CCOC1CCCCO1. The highest BCUT2D eigenvalue weighted by Gasteiger charge is 2.50. The van der Waals surface area contributed by atoms with Crippen molar-refractivity contribution >= 4 is 18.7 Å². The molecule has 0 spiro atoms. The summed E-state index contributed by atoms with van der Waals surface area (Å²) in [5, 5.41) is 13.7. The van der Waals surface area contributed by atoms with Gasteiger partial charge in [-0.15, -0.1) is 6.58 Å². The molecular formula is C41H54O7Si. The number of hydrogen-bond acceptors (Lipinski definition) is 7. The van der Waals surface area contributed by atoms with Crippen molar-refractivity contribution in [1.82, 2.24) is 0 Å². The maximum Gasteiger partial charge on any atom is 0.261 e. The van der Waals surface area contributed by atoms with Gasteiger partial charge in [0, 0.05) is 26.2 Å². The molecule has 0 radical (unpaired) electrons. The Morgan fingerprint density at radius 3 is 2.16 bits per heavy atom. The standard InChI is InChI=1S/C41H54O7Si/c1-6-38(47-32-33-24-26-34(43-5)27-25-33)40(37(42)22-13-15-28-44-39-23-14-16-29-45-39)46-30-17-31-48-49(41(2,3)4,35-18-9-7-10-19-35)36-20-11-8-12-21-36/h6-12,18-21,24-27,37-40,42H,1,14,16-17,22-23,28-32H2,2-5H3/t37-,38-,39?,40-/m1/s1. The van der Waals surface area contributed by atoms with Crippen LogP contribution < -0.4 is 15.1 Å². The van der Waals surface area contributed by atoms with E-state index in [9.17, 15) is 5.11 Å². The Morgan fingerprint density at radius 1 is 0.918 bits per heavy atom. The molecule has 8 heteroatoms. The highest BCUT2D eigenvalue weighted by molar-refractivity contribution is 6.99. The average Bonchev–Trinajstić information content (AvgIpc) is 3.13. The van der Waals surface area contributed by atoms with E-state index in [0.717, 1.165) is 37.2 Å². The Bertz CT molecular complexity index is 1380. The lowest BCUT2D eigenvalue weighted by Gasteiger charge is -2.43. The van der Waals surface area contributed by atoms with Crippen LogP contribution in [0.5, 0.6) is 5.75 Å². The number of ether oxygens (including phenoxy) is 5. The molecule has 0 aliphatic carbocycles. The minimum atomic E-state index is -2.67. The summed E-state index contributed by atoms with van der Waals surface area (Å²) in [5.74, 6) is 6.86. The summed E-state index contributed by atoms with van der Waals surface area (Å²) in [6.45, 7) is 13.0. The predicted octanol–water partition coefficient (Wildman–Crippen LogP) is 6.42. The maximum atomic E-state index is 11.4. The van der Waals surface area contributed by atoms with Crippen LogP contribution in [0.1, 0.15) is 58.4 Å². The maximum absolute atomic E-state index is 11.4. The van der Waals surface area contributed by atoms with Gasteiger partial charge >= 0.3 is 0 Å². The monoisotopic (exact) mass is 686 g/mol. The molecule has 7 nitrogen and oxygen atoms in total. The van der Waals surface area contributed by atoms with Crippen LogP contribution in [0.15, 0.2) is 97.6 Å². The molecular weight excluding hydrogens is 633 g/mol. The molecule has 49 heavy (non-hydrogen) atoms. The van der Waals surface area contributed by atoms with Crippen molar-refractivity contribution in [2.45, 2.75) is 89.1 Å². The fourth-order valence-corrected chi connectivity index (χ4v) is 10.8. The van der Waals surface area contributed by atoms with Gasteiger partial charge in [0.25, 0.3) is 8.32 Å². The van der Waals surface area contributed by atoms with Gasteiger partial charge in [-0.05, 0) is 58.8 Å². The first-order valence-corrected chi connectivity index (χ1v) is 19.3. The van der Waals surface area contributed by atoms with Gasteiger partial charge < -0.3 is 33.2 Å². The Balaban J connectivity index is 1.42. The first kappa shape index (κ1) is 38.5. The Kier molecular flexibility index (Phi) is 15.6. The van der Waals surface area contributed by atoms with Crippen LogP contribution in [-0.2, 0) is 30.0 Å². The molecule has 1 unspecified atom stereocenters. The quantitative estimate of drug-likeness (QED) is 0.0717. The average molecular weight is 687 g/mol. The molecule has 1 saturated heterocycles. The zero-order chi connectivity index (χ0) is 35.0. The lowest BCUT2D eigenvalue weighted by atomic mass is 10.0. The molecule has 264 valence electrons. The van der Waals surface area contributed by atoms with Crippen molar-refractivity contribution in [2.24, 2.45) is 0 Å². The van der Waals surface area contributed by atoms with E-state index < -0.39 is 26.6 Å². The highest BCUT2D eigenvalue weighted by Crippen LogP contribution is 2.36. The molecule has 0 amide bonds. The van der Waals surface area contributed by atoms with Crippen molar-refractivity contribution < 1.29 is 33.2 Å². The van der Waals surface area contributed by atoms with Crippen molar-refractivity contribution in [3.63, 3.8) is 0 Å². The molecule has 1 N–H and O–H groups in total. The van der Waals surface area contributed by atoms with E-state index in [-0.39, 0.29) is 24.4 Å². The fraction of sp³-hybridized carbons (Fsp3) is 0.463. The molecule has 4 rings (SSSR count). The molecule has 1 aliphatic rings. The number of rotatable bonds is 18. The second-order valence-corrected chi connectivity index (χ2v) is 17.6.